The lowest BCUT2D eigenvalue weighted by Crippen LogP contribution is -2.34. The van der Waals surface area contributed by atoms with Gasteiger partial charge in [0.05, 0.1) is 22.0 Å². The largest absolute Gasteiger partial charge is 0.478 e. The molecular formula is C18H16N4O3S. The monoisotopic (exact) mass is 368 g/mol. The first-order chi connectivity index (χ1) is 12.5. The Bertz CT molecular complexity index is 933. The molecule has 0 aliphatic carbocycles. The third-order valence-electron chi connectivity index (χ3n) is 3.57. The van der Waals surface area contributed by atoms with E-state index in [1.54, 1.807) is 19.1 Å². The average molecular weight is 368 g/mol. The zero-order valence-electron chi connectivity index (χ0n) is 13.8. The summed E-state index contributed by atoms with van der Waals surface area (Å²) in [5.41, 5.74) is 4.21. The molecule has 132 valence electrons. The first-order valence-electron chi connectivity index (χ1n) is 7.81. The van der Waals surface area contributed by atoms with Crippen LogP contribution in [0.4, 0.5) is 5.13 Å². The minimum Gasteiger partial charge on any atom is -0.478 e. The summed E-state index contributed by atoms with van der Waals surface area (Å²) in [6, 6.07) is 13.4. The number of fused-ring (bicyclic) bond motifs is 1. The van der Waals surface area contributed by atoms with Crippen molar-refractivity contribution in [2.45, 2.75) is 13.0 Å². The number of carbonyl (C=O) groups excluding carboxylic acids is 1. The summed E-state index contributed by atoms with van der Waals surface area (Å²) in [5, 5.41) is 16.5. The standard InChI is InChI=1S/C18H16N4O3S/c1-11(20-18-21-14-4-2-3-5-15(14)26-18)16(23)22-19-10-12-6-8-13(9-7-12)17(24)25/h2-11H,1H3,(H,20,21)(H,22,23)(H,24,25)/b19-10-/t11-/m1/s1. The molecule has 0 aliphatic rings. The second kappa shape index (κ2) is 7.75. The number of amides is 1. The van der Waals surface area contributed by atoms with Gasteiger partial charge < -0.3 is 10.4 Å². The summed E-state index contributed by atoms with van der Waals surface area (Å²) in [7, 11) is 0. The molecule has 1 heterocycles. The summed E-state index contributed by atoms with van der Waals surface area (Å²) >= 11 is 1.48. The van der Waals surface area contributed by atoms with Crippen LogP contribution in [0.3, 0.4) is 0 Å². The number of benzene rings is 2. The molecule has 0 fully saturated rings. The van der Waals surface area contributed by atoms with E-state index in [-0.39, 0.29) is 11.5 Å². The summed E-state index contributed by atoms with van der Waals surface area (Å²) in [6.45, 7) is 1.72. The number of anilines is 1. The third-order valence-corrected chi connectivity index (χ3v) is 4.54. The Balaban J connectivity index is 1.55. The number of para-hydroxylation sites is 1. The van der Waals surface area contributed by atoms with Gasteiger partial charge >= 0.3 is 5.97 Å². The summed E-state index contributed by atoms with van der Waals surface area (Å²) in [6.07, 6.45) is 1.45. The molecular weight excluding hydrogens is 352 g/mol. The highest BCUT2D eigenvalue weighted by Crippen LogP contribution is 2.25. The maximum absolute atomic E-state index is 12.1. The zero-order chi connectivity index (χ0) is 18.5. The number of carbonyl (C=O) groups is 2. The number of carboxylic acid groups (broad SMARTS) is 1. The summed E-state index contributed by atoms with van der Waals surface area (Å²) < 4.78 is 1.05. The van der Waals surface area contributed by atoms with E-state index in [1.807, 2.05) is 24.3 Å². The number of aromatic nitrogens is 1. The Morgan fingerprint density at radius 2 is 1.92 bits per heavy atom. The fourth-order valence-electron chi connectivity index (χ4n) is 2.16. The Hall–Kier alpha value is -3.26. The molecule has 0 saturated heterocycles. The molecule has 0 spiro atoms. The van der Waals surface area contributed by atoms with Crippen LogP contribution < -0.4 is 10.7 Å². The topological polar surface area (TPSA) is 104 Å². The number of nitrogens with zero attached hydrogens (tertiary/aromatic N) is 2. The number of rotatable bonds is 6. The zero-order valence-corrected chi connectivity index (χ0v) is 14.7. The molecule has 1 atom stereocenters. The van der Waals surface area contributed by atoms with Crippen molar-refractivity contribution in [1.82, 2.24) is 10.4 Å². The summed E-state index contributed by atoms with van der Waals surface area (Å²) in [5.74, 6) is -1.29. The van der Waals surface area contributed by atoms with E-state index in [0.29, 0.717) is 10.7 Å². The van der Waals surface area contributed by atoms with Crippen LogP contribution in [-0.4, -0.2) is 34.2 Å². The molecule has 2 aromatic carbocycles. The van der Waals surface area contributed by atoms with Crippen molar-refractivity contribution in [1.29, 1.82) is 0 Å². The van der Waals surface area contributed by atoms with Gasteiger partial charge in [-0.05, 0) is 36.8 Å². The number of hydrogen-bond donors (Lipinski definition) is 3. The number of hydrazone groups is 1. The molecule has 1 amide bonds. The van der Waals surface area contributed by atoms with Crippen molar-refractivity contribution in [2.75, 3.05) is 5.32 Å². The molecule has 8 heteroatoms. The highest BCUT2D eigenvalue weighted by molar-refractivity contribution is 7.22. The van der Waals surface area contributed by atoms with Gasteiger partial charge in [0.2, 0.25) is 0 Å². The normalized spacial score (nSPS) is 12.2. The lowest BCUT2D eigenvalue weighted by molar-refractivity contribution is -0.121. The van der Waals surface area contributed by atoms with Crippen LogP contribution in [-0.2, 0) is 4.79 Å². The molecule has 26 heavy (non-hydrogen) atoms. The van der Waals surface area contributed by atoms with Crippen molar-refractivity contribution in [3.8, 4) is 0 Å². The van der Waals surface area contributed by atoms with Crippen molar-refractivity contribution in [3.63, 3.8) is 0 Å². The molecule has 3 rings (SSSR count). The van der Waals surface area contributed by atoms with Gasteiger partial charge in [0, 0.05) is 0 Å². The van der Waals surface area contributed by atoms with Gasteiger partial charge in [-0.25, -0.2) is 15.2 Å². The highest BCUT2D eigenvalue weighted by atomic mass is 32.1. The Morgan fingerprint density at radius 3 is 2.62 bits per heavy atom. The summed E-state index contributed by atoms with van der Waals surface area (Å²) in [4.78, 5) is 27.3. The molecule has 0 unspecified atom stereocenters. The maximum atomic E-state index is 12.1. The van der Waals surface area contributed by atoms with Crippen molar-refractivity contribution in [2.24, 2.45) is 5.10 Å². The van der Waals surface area contributed by atoms with Crippen LogP contribution in [0.5, 0.6) is 0 Å². The number of nitrogens with one attached hydrogen (secondary N) is 2. The van der Waals surface area contributed by atoms with E-state index in [2.05, 4.69) is 20.8 Å². The number of aromatic carboxylic acids is 1. The fourth-order valence-corrected chi connectivity index (χ4v) is 3.12. The Morgan fingerprint density at radius 1 is 1.19 bits per heavy atom. The lowest BCUT2D eigenvalue weighted by atomic mass is 10.1. The second-order valence-electron chi connectivity index (χ2n) is 5.51. The molecule has 1 aromatic heterocycles. The van der Waals surface area contributed by atoms with E-state index >= 15 is 0 Å². The molecule has 0 bridgehead atoms. The predicted octanol–water partition coefficient (Wildman–Crippen LogP) is 2.95. The Kier molecular flexibility index (Phi) is 5.23. The van der Waals surface area contributed by atoms with Gasteiger partial charge in [-0.3, -0.25) is 4.79 Å². The highest BCUT2D eigenvalue weighted by Gasteiger charge is 2.14. The van der Waals surface area contributed by atoms with Crippen LogP contribution in [0.15, 0.2) is 53.6 Å². The molecule has 0 radical (unpaired) electrons. The average Bonchev–Trinajstić information content (AvgIpc) is 3.04. The third kappa shape index (κ3) is 4.22. The van der Waals surface area contributed by atoms with Crippen LogP contribution in [0, 0.1) is 0 Å². The quantitative estimate of drug-likeness (QED) is 0.458. The molecule has 0 aliphatic heterocycles. The predicted molar refractivity (Wildman–Crippen MR) is 102 cm³/mol. The second-order valence-corrected chi connectivity index (χ2v) is 6.54. The van der Waals surface area contributed by atoms with E-state index < -0.39 is 12.0 Å². The van der Waals surface area contributed by atoms with Crippen molar-refractivity contribution < 1.29 is 14.7 Å². The first-order valence-corrected chi connectivity index (χ1v) is 8.63. The SMILES string of the molecule is C[C@@H](Nc1nc2ccccc2s1)C(=O)N/N=C\c1ccc(C(=O)O)cc1. The van der Waals surface area contributed by atoms with Crippen LogP contribution >= 0.6 is 11.3 Å². The van der Waals surface area contributed by atoms with E-state index in [4.69, 9.17) is 5.11 Å². The van der Waals surface area contributed by atoms with Gasteiger partial charge in [-0.15, -0.1) is 0 Å². The van der Waals surface area contributed by atoms with E-state index in [0.717, 1.165) is 10.2 Å². The number of hydrogen-bond acceptors (Lipinski definition) is 6. The van der Waals surface area contributed by atoms with Crippen molar-refractivity contribution >= 4 is 44.8 Å². The number of carboxylic acids is 1. The number of thiazole rings is 1. The maximum Gasteiger partial charge on any atom is 0.335 e. The first kappa shape index (κ1) is 17.6. The lowest BCUT2D eigenvalue weighted by Gasteiger charge is -2.10. The smallest absolute Gasteiger partial charge is 0.335 e. The van der Waals surface area contributed by atoms with E-state index in [9.17, 15) is 9.59 Å². The molecule has 0 saturated carbocycles. The molecule has 3 N–H and O–H groups in total. The molecule has 3 aromatic rings. The minimum atomic E-state index is -0.989. The Labute approximate surface area is 153 Å². The van der Waals surface area contributed by atoms with Crippen LogP contribution in [0.25, 0.3) is 10.2 Å². The minimum absolute atomic E-state index is 0.194. The van der Waals surface area contributed by atoms with Gasteiger partial charge in [-0.1, -0.05) is 35.6 Å². The molecule has 7 nitrogen and oxygen atoms in total. The van der Waals surface area contributed by atoms with Gasteiger partial charge in [0.25, 0.3) is 5.91 Å². The van der Waals surface area contributed by atoms with Gasteiger partial charge in [0.1, 0.15) is 6.04 Å². The van der Waals surface area contributed by atoms with E-state index in [1.165, 1.54) is 29.7 Å². The van der Waals surface area contributed by atoms with Gasteiger partial charge in [0.15, 0.2) is 5.13 Å². The van der Waals surface area contributed by atoms with Gasteiger partial charge in [-0.2, -0.15) is 5.10 Å². The van der Waals surface area contributed by atoms with Crippen LogP contribution in [0.1, 0.15) is 22.8 Å². The van der Waals surface area contributed by atoms with Crippen molar-refractivity contribution in [3.05, 3.63) is 59.7 Å². The fraction of sp³-hybridized carbons (Fsp3) is 0.111. The van der Waals surface area contributed by atoms with Crippen LogP contribution in [0.2, 0.25) is 0 Å².